The van der Waals surface area contributed by atoms with Gasteiger partial charge in [-0.25, -0.2) is 4.98 Å². The predicted molar refractivity (Wildman–Crippen MR) is 80.0 cm³/mol. The van der Waals surface area contributed by atoms with Crippen LogP contribution in [-0.4, -0.2) is 23.8 Å². The third-order valence-corrected chi connectivity index (χ3v) is 3.44. The number of nitrogens with two attached hydrogens (primary N) is 1. The molecule has 0 aliphatic carbocycles. The molecule has 0 amide bonds. The number of hydrogen-bond donors (Lipinski definition) is 1. The first kappa shape index (κ1) is 14.1. The molecule has 0 unspecified atom stereocenters. The molecule has 4 nitrogen and oxygen atoms in total. The third kappa shape index (κ3) is 3.81. The molecule has 5 heteroatoms. The van der Waals surface area contributed by atoms with Gasteiger partial charge in [-0.15, -0.1) is 11.3 Å². The molecular formula is C14H20N2O2S. The molecule has 0 atom stereocenters. The van der Waals surface area contributed by atoms with Gasteiger partial charge in [0.05, 0.1) is 33.1 Å². The fourth-order valence-corrected chi connectivity index (χ4v) is 2.57. The van der Waals surface area contributed by atoms with Gasteiger partial charge in [0.2, 0.25) is 0 Å². The summed E-state index contributed by atoms with van der Waals surface area (Å²) in [7, 11) is 0. The van der Waals surface area contributed by atoms with Crippen molar-refractivity contribution in [2.45, 2.75) is 33.3 Å². The monoisotopic (exact) mass is 280 g/mol. The Hall–Kier alpha value is -1.33. The highest BCUT2D eigenvalue weighted by Crippen LogP contribution is 2.31. The molecule has 0 spiro atoms. The fraction of sp³-hybridized carbons (Fsp3) is 0.500. The van der Waals surface area contributed by atoms with E-state index in [9.17, 15) is 0 Å². The molecule has 0 radical (unpaired) electrons. The van der Waals surface area contributed by atoms with E-state index in [2.05, 4.69) is 4.98 Å². The van der Waals surface area contributed by atoms with Crippen LogP contribution in [0.3, 0.4) is 0 Å². The van der Waals surface area contributed by atoms with Crippen molar-refractivity contribution in [1.82, 2.24) is 4.98 Å². The molecule has 104 valence electrons. The summed E-state index contributed by atoms with van der Waals surface area (Å²) in [6.45, 7) is 9.06. The number of thiazole rings is 1. The van der Waals surface area contributed by atoms with Crippen LogP contribution in [0.1, 0.15) is 25.8 Å². The van der Waals surface area contributed by atoms with E-state index in [0.29, 0.717) is 24.7 Å². The number of fused-ring (bicyclic) bond motifs is 1. The minimum atomic E-state index is -0.148. The van der Waals surface area contributed by atoms with Crippen LogP contribution in [0.4, 0.5) is 5.69 Å². The molecule has 0 saturated carbocycles. The highest BCUT2D eigenvalue weighted by molar-refractivity contribution is 7.18. The van der Waals surface area contributed by atoms with Gasteiger partial charge in [0, 0.05) is 6.07 Å². The van der Waals surface area contributed by atoms with Crippen molar-refractivity contribution >= 4 is 27.2 Å². The highest BCUT2D eigenvalue weighted by atomic mass is 32.1. The van der Waals surface area contributed by atoms with E-state index in [1.807, 2.05) is 39.8 Å². The van der Waals surface area contributed by atoms with Crippen LogP contribution in [0.15, 0.2) is 12.1 Å². The molecule has 0 aliphatic rings. The summed E-state index contributed by atoms with van der Waals surface area (Å²) in [5, 5.41) is 1.03. The summed E-state index contributed by atoms with van der Waals surface area (Å²) in [6, 6.07) is 3.81. The van der Waals surface area contributed by atoms with Gasteiger partial charge in [-0.2, -0.15) is 0 Å². The second-order valence-electron chi connectivity index (χ2n) is 5.40. The number of rotatable bonds is 4. The van der Waals surface area contributed by atoms with Gasteiger partial charge in [0.25, 0.3) is 0 Å². The van der Waals surface area contributed by atoms with E-state index in [1.54, 1.807) is 11.3 Å². The van der Waals surface area contributed by atoms with Gasteiger partial charge in [-0.1, -0.05) is 0 Å². The van der Waals surface area contributed by atoms with Gasteiger partial charge in [-0.05, 0) is 33.8 Å². The van der Waals surface area contributed by atoms with Crippen molar-refractivity contribution in [2.24, 2.45) is 0 Å². The Kier molecular flexibility index (Phi) is 3.96. The summed E-state index contributed by atoms with van der Waals surface area (Å²) >= 11 is 1.64. The topological polar surface area (TPSA) is 57.4 Å². The Balaban J connectivity index is 2.02. The van der Waals surface area contributed by atoms with Gasteiger partial charge < -0.3 is 15.2 Å². The summed E-state index contributed by atoms with van der Waals surface area (Å²) < 4.78 is 12.4. The number of aromatic nitrogens is 1. The first-order valence-electron chi connectivity index (χ1n) is 6.28. The highest BCUT2D eigenvalue weighted by Gasteiger charge is 2.10. The molecule has 1 aromatic carbocycles. The molecule has 0 aliphatic heterocycles. The second kappa shape index (κ2) is 5.35. The summed E-state index contributed by atoms with van der Waals surface area (Å²) in [5.74, 6) is 0.676. The summed E-state index contributed by atoms with van der Waals surface area (Å²) in [6.07, 6.45) is 0. The Bertz CT molecular complexity index is 573. The van der Waals surface area contributed by atoms with E-state index < -0.39 is 0 Å². The van der Waals surface area contributed by atoms with Crippen LogP contribution >= 0.6 is 11.3 Å². The molecule has 1 heterocycles. The van der Waals surface area contributed by atoms with Crippen LogP contribution in [0.2, 0.25) is 0 Å². The average Bonchev–Trinajstić information content (AvgIpc) is 2.62. The zero-order chi connectivity index (χ0) is 14.0. The maximum atomic E-state index is 5.98. The smallest absolute Gasteiger partial charge is 0.144 e. The third-order valence-electron chi connectivity index (χ3n) is 2.50. The van der Waals surface area contributed by atoms with Crippen LogP contribution in [0.25, 0.3) is 10.2 Å². The lowest BCUT2D eigenvalue weighted by molar-refractivity contribution is -0.0161. The quantitative estimate of drug-likeness (QED) is 0.689. The molecule has 19 heavy (non-hydrogen) atoms. The zero-order valence-corrected chi connectivity index (χ0v) is 12.6. The van der Waals surface area contributed by atoms with Gasteiger partial charge in [0.15, 0.2) is 0 Å². The Labute approximate surface area is 117 Å². The first-order valence-corrected chi connectivity index (χ1v) is 7.10. The molecule has 0 bridgehead atoms. The van der Waals surface area contributed by atoms with E-state index >= 15 is 0 Å². The van der Waals surface area contributed by atoms with Crippen molar-refractivity contribution in [2.75, 3.05) is 18.9 Å². The molecule has 0 fully saturated rings. The summed E-state index contributed by atoms with van der Waals surface area (Å²) in [5.41, 5.74) is 7.41. The minimum absolute atomic E-state index is 0.148. The fourth-order valence-electron chi connectivity index (χ4n) is 1.71. The molecular weight excluding hydrogens is 260 g/mol. The first-order chi connectivity index (χ1) is 8.85. The molecule has 2 N–H and O–H groups in total. The summed E-state index contributed by atoms with van der Waals surface area (Å²) in [4.78, 5) is 4.43. The maximum Gasteiger partial charge on any atom is 0.144 e. The van der Waals surface area contributed by atoms with E-state index in [0.717, 1.165) is 15.2 Å². The molecule has 2 rings (SSSR count). The zero-order valence-electron chi connectivity index (χ0n) is 11.8. The van der Waals surface area contributed by atoms with Gasteiger partial charge in [-0.3, -0.25) is 0 Å². The number of hydrogen-bond acceptors (Lipinski definition) is 5. The van der Waals surface area contributed by atoms with E-state index in [1.165, 1.54) is 0 Å². The second-order valence-corrected chi connectivity index (χ2v) is 6.63. The average molecular weight is 280 g/mol. The number of ether oxygens (including phenoxy) is 2. The maximum absolute atomic E-state index is 5.98. The Morgan fingerprint density at radius 2 is 2.00 bits per heavy atom. The van der Waals surface area contributed by atoms with Gasteiger partial charge in [0.1, 0.15) is 12.4 Å². The standard InChI is InChI=1S/C14H20N2O2S/c1-9-16-11-8-12(10(15)7-13(11)19-9)17-5-6-18-14(2,3)4/h7-8H,5-6,15H2,1-4H3. The SMILES string of the molecule is Cc1nc2cc(OCCOC(C)(C)C)c(N)cc2s1. The van der Waals surface area contributed by atoms with E-state index in [-0.39, 0.29) is 5.60 Å². The van der Waals surface area contributed by atoms with Crippen LogP contribution < -0.4 is 10.5 Å². The minimum Gasteiger partial charge on any atom is -0.489 e. The van der Waals surface area contributed by atoms with Gasteiger partial charge >= 0.3 is 0 Å². The van der Waals surface area contributed by atoms with Crippen LogP contribution in [0.5, 0.6) is 5.75 Å². The molecule has 1 aromatic heterocycles. The number of nitrogen functional groups attached to an aromatic ring is 1. The largest absolute Gasteiger partial charge is 0.489 e. The molecule has 0 saturated heterocycles. The van der Waals surface area contributed by atoms with Crippen molar-refractivity contribution < 1.29 is 9.47 Å². The lowest BCUT2D eigenvalue weighted by Crippen LogP contribution is -2.22. The number of anilines is 1. The Morgan fingerprint density at radius 1 is 1.26 bits per heavy atom. The Morgan fingerprint density at radius 3 is 2.68 bits per heavy atom. The normalized spacial score (nSPS) is 12.0. The number of benzene rings is 1. The van der Waals surface area contributed by atoms with E-state index in [4.69, 9.17) is 15.2 Å². The lowest BCUT2D eigenvalue weighted by atomic mass is 10.2. The van der Waals surface area contributed by atoms with Crippen LogP contribution in [-0.2, 0) is 4.74 Å². The van der Waals surface area contributed by atoms with Crippen molar-refractivity contribution in [3.63, 3.8) is 0 Å². The number of aryl methyl sites for hydroxylation is 1. The van der Waals surface area contributed by atoms with Crippen molar-refractivity contribution in [3.8, 4) is 5.75 Å². The van der Waals surface area contributed by atoms with Crippen molar-refractivity contribution in [1.29, 1.82) is 0 Å². The number of nitrogens with zero attached hydrogens (tertiary/aromatic N) is 1. The lowest BCUT2D eigenvalue weighted by Gasteiger charge is -2.19. The molecule has 2 aromatic rings. The van der Waals surface area contributed by atoms with Crippen molar-refractivity contribution in [3.05, 3.63) is 17.1 Å². The van der Waals surface area contributed by atoms with Crippen LogP contribution in [0, 0.1) is 6.92 Å². The predicted octanol–water partition coefficient (Wildman–Crippen LogP) is 3.38.